The van der Waals surface area contributed by atoms with Crippen LogP contribution in [0.3, 0.4) is 0 Å². The number of nitrogens with zero attached hydrogens (tertiary/aromatic N) is 4. The molecule has 25 heteroatoms. The van der Waals surface area contributed by atoms with Crippen LogP contribution in [0.4, 0.5) is 0 Å². The van der Waals surface area contributed by atoms with Crippen molar-refractivity contribution in [1.29, 1.82) is 0 Å². The SMILES string of the molecule is CCOP(=O)(COc1ccc(C2OC[C@]3(C[C@H]4O[C@]3(C)n3c5ccccc5c5c6c(c7c8ccccc8n4c7c53)C(=O)NC6)O2)cc1)OCC.CCOP(=O)(COc1ccc(CO)cc1)OCC.C[C@]12O[C@H](C[C@]1(O)CO)n1c3ccccc3c3c4c(c5c6ccccc6n2c5c31)CNC4=O. The van der Waals surface area contributed by atoms with E-state index < -0.39 is 57.0 Å². The predicted molar refractivity (Wildman–Crippen MR) is 380 cm³/mol. The van der Waals surface area contributed by atoms with Crippen molar-refractivity contribution in [2.24, 2.45) is 0 Å². The van der Waals surface area contributed by atoms with E-state index in [4.69, 9.17) is 51.6 Å². The second kappa shape index (κ2) is 24.3. The number of hydrogen-bond donors (Lipinski definition) is 5. The van der Waals surface area contributed by atoms with Gasteiger partial charge in [-0.25, -0.2) is 0 Å². The lowest BCUT2D eigenvalue weighted by Crippen LogP contribution is -2.53. The summed E-state index contributed by atoms with van der Waals surface area (Å²) in [5.41, 5.74) is 8.48. The minimum atomic E-state index is -3.36. The van der Waals surface area contributed by atoms with Crippen molar-refractivity contribution in [3.8, 4) is 11.5 Å². The molecule has 0 radical (unpaired) electrons. The number of nitrogens with one attached hydrogen (secondary N) is 2. The number of para-hydroxylation sites is 4. The molecule has 12 aromatic rings. The molecule has 7 atom stereocenters. The molecule has 101 heavy (non-hydrogen) atoms. The highest BCUT2D eigenvalue weighted by molar-refractivity contribution is 7.53. The van der Waals surface area contributed by atoms with Gasteiger partial charge in [0.1, 0.15) is 35.2 Å². The first-order valence-corrected chi connectivity index (χ1v) is 37.8. The molecule has 8 aromatic carbocycles. The summed E-state index contributed by atoms with van der Waals surface area (Å²) >= 11 is 0. The molecule has 0 aliphatic carbocycles. The average Bonchev–Trinajstić information content (AvgIpc) is 1.50. The van der Waals surface area contributed by atoms with Gasteiger partial charge in [-0.05, 0) is 107 Å². The third kappa shape index (κ3) is 9.66. The summed E-state index contributed by atoms with van der Waals surface area (Å²) in [5.74, 6) is 1.00. The first-order chi connectivity index (χ1) is 48.9. The van der Waals surface area contributed by atoms with Gasteiger partial charge in [-0.3, -0.25) is 18.7 Å². The number of aromatic nitrogens is 4. The smallest absolute Gasteiger partial charge is 0.367 e. The summed E-state index contributed by atoms with van der Waals surface area (Å²) in [7, 11) is -6.53. The zero-order valence-electron chi connectivity index (χ0n) is 56.5. The molecule has 2 amide bonds. The molecule has 1 spiro atoms. The van der Waals surface area contributed by atoms with Crippen molar-refractivity contribution in [1.82, 2.24) is 28.9 Å². The van der Waals surface area contributed by atoms with Crippen molar-refractivity contribution in [2.75, 3.05) is 52.3 Å². The molecular weight excluding hydrogens is 1330 g/mol. The quantitative estimate of drug-likeness (QED) is 0.0530. The van der Waals surface area contributed by atoms with E-state index in [9.17, 15) is 28.9 Å². The van der Waals surface area contributed by atoms with Crippen LogP contribution in [0.2, 0.25) is 0 Å². The van der Waals surface area contributed by atoms with Crippen LogP contribution in [0.25, 0.3) is 87.2 Å². The van der Waals surface area contributed by atoms with E-state index in [1.165, 1.54) is 0 Å². The van der Waals surface area contributed by atoms with Crippen molar-refractivity contribution in [3.05, 3.63) is 179 Å². The third-order valence-corrected chi connectivity index (χ3v) is 24.8. The molecule has 0 saturated carbocycles. The lowest BCUT2D eigenvalue weighted by molar-refractivity contribution is -0.194. The number of amides is 2. The van der Waals surface area contributed by atoms with Gasteiger partial charge in [-0.1, -0.05) is 97.1 Å². The number of ether oxygens (including phenoxy) is 6. The van der Waals surface area contributed by atoms with E-state index in [1.54, 1.807) is 52.0 Å². The van der Waals surface area contributed by atoms with E-state index in [0.717, 1.165) is 121 Å². The fraction of sp³-hybridized carbons (Fsp3) is 0.342. The molecule has 7 aliphatic rings. The van der Waals surface area contributed by atoms with Gasteiger partial charge >= 0.3 is 15.2 Å². The molecule has 3 fully saturated rings. The van der Waals surface area contributed by atoms with Gasteiger partial charge in [0.15, 0.2) is 30.4 Å². The summed E-state index contributed by atoms with van der Waals surface area (Å²) in [6.07, 6.45) is -1.04. The molecule has 4 aromatic heterocycles. The number of fused-ring (bicyclic) bond motifs is 27. The Labute approximate surface area is 579 Å². The maximum atomic E-state index is 13.5. The van der Waals surface area contributed by atoms with Gasteiger partial charge in [-0.2, -0.15) is 0 Å². The van der Waals surface area contributed by atoms with Crippen molar-refractivity contribution >= 4 is 114 Å². The van der Waals surface area contributed by atoms with E-state index in [-0.39, 0.29) is 57.0 Å². The number of rotatable bonds is 17. The Hall–Kier alpha value is -8.48. The second-order valence-corrected chi connectivity index (χ2v) is 30.7. The predicted octanol–water partition coefficient (Wildman–Crippen LogP) is 14.1. The van der Waals surface area contributed by atoms with Crippen LogP contribution in [0, 0.1) is 0 Å². The number of aliphatic hydroxyl groups excluding tert-OH is 2. The standard InChI is InChI=1S/C38H36N3O8P.C26H21N3O4.C12H19O5P/c1-4-46-50(43,47-5-2)21-45-23-16-14-22(15-17-23)36-44-20-38(49-36)18-29-40-27-12-8-6-10-24(27)31-32-26(19-39-35(32)42)30-25-11-7-9-13-28(25)41(34(30)33(31)40)37(38,3)48-29;1-25-26(32,12-30)10-18(33-25)28-16-8-4-2-6-13(16)20-21-15(11-27-24(21)31)19-14-7-3-5-9-17(14)29(25)23(19)22(20)28;1-3-16-18(14,17-4-2)10-15-12-7-5-11(9-13)6-8-12/h6-17,29,36H,4-5,18-21H2,1-3H3,(H,39,42);2-9,18,30,32H,10-12H2,1H3,(H,27,31);5-8,13H,3-4,9-10H2,1-2H3/t29-,36?,37+,38+;18-,25+,26+;/m11./s1. The highest BCUT2D eigenvalue weighted by atomic mass is 31.2. The maximum absolute atomic E-state index is 13.5. The van der Waals surface area contributed by atoms with Crippen LogP contribution < -0.4 is 20.1 Å². The molecule has 19 rings (SSSR count). The van der Waals surface area contributed by atoms with Crippen molar-refractivity contribution in [2.45, 2.75) is 115 Å². The van der Waals surface area contributed by atoms with Gasteiger partial charge in [0.05, 0.1) is 102 Å². The van der Waals surface area contributed by atoms with Gasteiger partial charge in [0.25, 0.3) is 11.8 Å². The minimum absolute atomic E-state index is 0.0172. The first kappa shape index (κ1) is 65.8. The molecule has 7 aliphatic heterocycles. The largest absolute Gasteiger partial charge is 0.481 e. The summed E-state index contributed by atoms with van der Waals surface area (Å²) in [6.45, 7) is 13.0. The van der Waals surface area contributed by atoms with E-state index in [0.29, 0.717) is 50.8 Å². The summed E-state index contributed by atoms with van der Waals surface area (Å²) in [4.78, 5) is 26.7. The Morgan fingerprint density at radius 2 is 0.931 bits per heavy atom. The normalized spacial score (nSPS) is 23.8. The average molecular weight is 1410 g/mol. The van der Waals surface area contributed by atoms with Gasteiger partial charge in [-0.15, -0.1) is 0 Å². The highest BCUT2D eigenvalue weighted by Gasteiger charge is 2.66. The Balaban J connectivity index is 0.000000128. The summed E-state index contributed by atoms with van der Waals surface area (Å²) < 4.78 is 93.5. The Kier molecular flexibility index (Phi) is 15.9. The van der Waals surface area contributed by atoms with Crippen LogP contribution in [-0.2, 0) is 77.3 Å². The van der Waals surface area contributed by atoms with E-state index in [1.807, 2.05) is 85.8 Å². The maximum Gasteiger partial charge on any atom is 0.367 e. The molecule has 4 bridgehead atoms. The van der Waals surface area contributed by atoms with Crippen LogP contribution >= 0.6 is 15.2 Å². The van der Waals surface area contributed by atoms with Crippen molar-refractivity contribution < 1.29 is 80.6 Å². The fourth-order valence-corrected chi connectivity index (χ4v) is 19.6. The lowest BCUT2D eigenvalue weighted by atomic mass is 9.89. The number of carbonyl (C=O) groups excluding carboxylic acids is 2. The number of hydrogen-bond acceptors (Lipinski definition) is 17. The Morgan fingerprint density at radius 1 is 0.515 bits per heavy atom. The topological polar surface area (TPSA) is 265 Å². The highest BCUT2D eigenvalue weighted by Crippen LogP contribution is 2.63. The molecular formula is C76H76N6O17P2. The van der Waals surface area contributed by atoms with Crippen molar-refractivity contribution in [3.63, 3.8) is 0 Å². The molecule has 1 unspecified atom stereocenters. The van der Waals surface area contributed by atoms with Crippen LogP contribution in [-0.4, -0.2) is 109 Å². The van der Waals surface area contributed by atoms with Gasteiger partial charge in [0, 0.05) is 74.6 Å². The van der Waals surface area contributed by atoms with Gasteiger partial charge < -0.3 is 90.7 Å². The molecule has 11 heterocycles. The number of aliphatic hydroxyl groups is 3. The fourth-order valence-electron chi connectivity index (χ4n) is 17.0. The zero-order valence-corrected chi connectivity index (χ0v) is 58.3. The Bertz CT molecular complexity index is 5490. The minimum Gasteiger partial charge on any atom is -0.481 e. The van der Waals surface area contributed by atoms with Gasteiger partial charge in [0.2, 0.25) is 0 Å². The number of carbonyl (C=O) groups is 2. The molecule has 3 saturated heterocycles. The monoisotopic (exact) mass is 1410 g/mol. The van der Waals surface area contributed by atoms with Crippen LogP contribution in [0.1, 0.15) is 116 Å². The number of benzene rings is 8. The zero-order chi connectivity index (χ0) is 69.7. The lowest BCUT2D eigenvalue weighted by Gasteiger charge is -2.39. The third-order valence-electron chi connectivity index (χ3n) is 21.3. The van der Waals surface area contributed by atoms with Crippen LogP contribution in [0.15, 0.2) is 146 Å². The molecule has 522 valence electrons. The first-order valence-electron chi connectivity index (χ1n) is 34.3. The molecule has 5 N–H and O–H groups in total. The summed E-state index contributed by atoms with van der Waals surface area (Å²) in [5, 5.41) is 45.3. The second-order valence-electron chi connectivity index (χ2n) is 26.7. The van der Waals surface area contributed by atoms with E-state index in [2.05, 4.69) is 78.3 Å². The van der Waals surface area contributed by atoms with Crippen LogP contribution in [0.5, 0.6) is 11.5 Å². The summed E-state index contributed by atoms with van der Waals surface area (Å²) in [6, 6.07) is 47.1. The molecule has 23 nitrogen and oxygen atoms in total. The Morgan fingerprint density at radius 3 is 1.39 bits per heavy atom. The van der Waals surface area contributed by atoms with E-state index >= 15 is 0 Å².